The molecule has 98 valence electrons. The Labute approximate surface area is 112 Å². The number of hydrogen-bond acceptors (Lipinski definition) is 3. The number of nitrogens with zero attached hydrogens (tertiary/aromatic N) is 2. The van der Waals surface area contributed by atoms with Gasteiger partial charge >= 0.3 is 0 Å². The first kappa shape index (κ1) is 13.1. The molecule has 0 aliphatic heterocycles. The van der Waals surface area contributed by atoms with E-state index in [9.17, 15) is 0 Å². The van der Waals surface area contributed by atoms with Crippen LogP contribution in [0, 0.1) is 6.92 Å². The second-order valence-electron chi connectivity index (χ2n) is 3.93. The summed E-state index contributed by atoms with van der Waals surface area (Å²) in [6.07, 6.45) is 1.57. The Kier molecular flexibility index (Phi) is 4.13. The van der Waals surface area contributed by atoms with Gasteiger partial charge in [-0.05, 0) is 25.1 Å². The van der Waals surface area contributed by atoms with Gasteiger partial charge in [0.1, 0.15) is 11.8 Å². The van der Waals surface area contributed by atoms with Gasteiger partial charge in [-0.1, -0.05) is 32.0 Å². The minimum atomic E-state index is 0.800. The molecule has 0 radical (unpaired) electrons. The highest BCUT2D eigenvalue weighted by molar-refractivity contribution is 5.88. The quantitative estimate of drug-likeness (QED) is 0.725. The number of benzene rings is 1. The monoisotopic (exact) mass is 254 g/mol. The van der Waals surface area contributed by atoms with Gasteiger partial charge in [0.25, 0.3) is 0 Å². The standard InChI is InChI=1S/C13H12N4.C2H6/c1-9-7-11-12(16-9)13(15-8-14-11)17-10-5-3-2-4-6-10;1-2/h2-8,16H,1H3,(H,14,15,17);1-2H3. The predicted molar refractivity (Wildman–Crippen MR) is 79.7 cm³/mol. The van der Waals surface area contributed by atoms with Gasteiger partial charge in [-0.2, -0.15) is 0 Å². The van der Waals surface area contributed by atoms with Crippen molar-refractivity contribution in [2.75, 3.05) is 5.32 Å². The van der Waals surface area contributed by atoms with Crippen LogP contribution < -0.4 is 5.32 Å². The molecular weight excluding hydrogens is 236 g/mol. The Morgan fingerprint density at radius 1 is 1.05 bits per heavy atom. The van der Waals surface area contributed by atoms with Gasteiger partial charge in [0.05, 0.1) is 5.52 Å². The molecule has 0 spiro atoms. The summed E-state index contributed by atoms with van der Waals surface area (Å²) in [7, 11) is 0. The molecule has 2 aromatic heterocycles. The summed E-state index contributed by atoms with van der Waals surface area (Å²) in [4.78, 5) is 11.7. The lowest BCUT2D eigenvalue weighted by Gasteiger charge is -2.05. The third kappa shape index (κ3) is 2.91. The van der Waals surface area contributed by atoms with E-state index in [1.165, 1.54) is 0 Å². The minimum absolute atomic E-state index is 0.800. The maximum Gasteiger partial charge on any atom is 0.158 e. The van der Waals surface area contributed by atoms with Gasteiger partial charge in [-0.25, -0.2) is 9.97 Å². The van der Waals surface area contributed by atoms with E-state index in [0.29, 0.717) is 0 Å². The molecule has 2 N–H and O–H groups in total. The molecule has 19 heavy (non-hydrogen) atoms. The van der Waals surface area contributed by atoms with Crippen LogP contribution in [0.15, 0.2) is 42.7 Å². The number of para-hydroxylation sites is 1. The van der Waals surface area contributed by atoms with Gasteiger partial charge < -0.3 is 10.3 Å². The first-order valence-electron chi connectivity index (χ1n) is 6.45. The zero-order chi connectivity index (χ0) is 13.7. The number of fused-ring (bicyclic) bond motifs is 1. The van der Waals surface area contributed by atoms with E-state index in [1.807, 2.05) is 57.2 Å². The van der Waals surface area contributed by atoms with Crippen LogP contribution in [0.4, 0.5) is 11.5 Å². The molecule has 0 amide bonds. The Hall–Kier alpha value is -2.36. The molecule has 4 nitrogen and oxygen atoms in total. The summed E-state index contributed by atoms with van der Waals surface area (Å²) in [6.45, 7) is 6.01. The van der Waals surface area contributed by atoms with Crippen molar-refractivity contribution in [1.29, 1.82) is 0 Å². The van der Waals surface area contributed by atoms with Crippen molar-refractivity contribution in [3.05, 3.63) is 48.4 Å². The molecule has 0 fully saturated rings. The van der Waals surface area contributed by atoms with Crippen molar-refractivity contribution in [3.8, 4) is 0 Å². The molecular formula is C15H18N4. The molecule has 0 bridgehead atoms. The third-order valence-electron chi connectivity index (χ3n) is 2.59. The number of hydrogen-bond donors (Lipinski definition) is 2. The normalized spacial score (nSPS) is 9.84. The van der Waals surface area contributed by atoms with Gasteiger partial charge in [0.2, 0.25) is 0 Å². The maximum atomic E-state index is 4.26. The molecule has 2 heterocycles. The van der Waals surface area contributed by atoms with E-state index in [0.717, 1.165) is 28.2 Å². The van der Waals surface area contributed by atoms with Crippen LogP contribution >= 0.6 is 0 Å². The van der Waals surface area contributed by atoms with E-state index in [2.05, 4.69) is 20.3 Å². The number of aromatic amines is 1. The van der Waals surface area contributed by atoms with Gasteiger partial charge in [0.15, 0.2) is 5.82 Å². The maximum absolute atomic E-state index is 4.26. The van der Waals surface area contributed by atoms with Gasteiger partial charge in [0, 0.05) is 11.4 Å². The highest BCUT2D eigenvalue weighted by Gasteiger charge is 2.05. The second kappa shape index (κ2) is 6.00. The van der Waals surface area contributed by atoms with E-state index < -0.39 is 0 Å². The fourth-order valence-electron chi connectivity index (χ4n) is 1.82. The van der Waals surface area contributed by atoms with Crippen molar-refractivity contribution in [3.63, 3.8) is 0 Å². The SMILES string of the molecule is CC.Cc1cc2ncnc(Nc3ccccc3)c2[nH]1. The minimum Gasteiger partial charge on any atom is -0.354 e. The molecule has 4 heteroatoms. The van der Waals surface area contributed by atoms with Crippen LogP contribution in [-0.4, -0.2) is 15.0 Å². The number of anilines is 2. The molecule has 0 atom stereocenters. The average Bonchev–Trinajstić information content (AvgIpc) is 2.84. The van der Waals surface area contributed by atoms with Crippen molar-refractivity contribution in [1.82, 2.24) is 15.0 Å². The van der Waals surface area contributed by atoms with Crippen LogP contribution in [0.2, 0.25) is 0 Å². The van der Waals surface area contributed by atoms with E-state index in [4.69, 9.17) is 0 Å². The van der Waals surface area contributed by atoms with Crippen LogP contribution in [0.1, 0.15) is 19.5 Å². The topological polar surface area (TPSA) is 53.6 Å². The lowest BCUT2D eigenvalue weighted by atomic mass is 10.3. The molecule has 0 saturated heterocycles. The second-order valence-corrected chi connectivity index (χ2v) is 3.93. The zero-order valence-corrected chi connectivity index (χ0v) is 11.4. The first-order valence-corrected chi connectivity index (χ1v) is 6.45. The van der Waals surface area contributed by atoms with E-state index >= 15 is 0 Å². The number of aryl methyl sites for hydroxylation is 1. The van der Waals surface area contributed by atoms with Crippen molar-refractivity contribution in [2.45, 2.75) is 20.8 Å². The number of nitrogens with one attached hydrogen (secondary N) is 2. The smallest absolute Gasteiger partial charge is 0.158 e. The van der Waals surface area contributed by atoms with Crippen molar-refractivity contribution < 1.29 is 0 Å². The number of aromatic nitrogens is 3. The molecule has 0 aliphatic rings. The highest BCUT2D eigenvalue weighted by Crippen LogP contribution is 2.22. The summed E-state index contributed by atoms with van der Waals surface area (Å²) >= 11 is 0. The third-order valence-corrected chi connectivity index (χ3v) is 2.59. The van der Waals surface area contributed by atoms with Crippen molar-refractivity contribution in [2.24, 2.45) is 0 Å². The van der Waals surface area contributed by atoms with Crippen LogP contribution in [-0.2, 0) is 0 Å². The summed E-state index contributed by atoms with van der Waals surface area (Å²) in [5.74, 6) is 0.800. The lowest BCUT2D eigenvalue weighted by molar-refractivity contribution is 1.21. The Bertz CT molecular complexity index is 644. The van der Waals surface area contributed by atoms with Gasteiger partial charge in [-0.15, -0.1) is 0 Å². The Morgan fingerprint density at radius 2 is 1.79 bits per heavy atom. The van der Waals surface area contributed by atoms with Crippen LogP contribution in [0.3, 0.4) is 0 Å². The Morgan fingerprint density at radius 3 is 2.53 bits per heavy atom. The lowest BCUT2D eigenvalue weighted by Crippen LogP contribution is -1.95. The van der Waals surface area contributed by atoms with E-state index in [-0.39, 0.29) is 0 Å². The predicted octanol–water partition coefficient (Wildman–Crippen LogP) is 4.04. The van der Waals surface area contributed by atoms with Crippen LogP contribution in [0.25, 0.3) is 11.0 Å². The molecule has 1 aromatic carbocycles. The molecule has 0 aliphatic carbocycles. The fraction of sp³-hybridized carbons (Fsp3) is 0.200. The molecule has 3 rings (SSSR count). The first-order chi connectivity index (χ1) is 9.33. The molecule has 3 aromatic rings. The molecule has 0 unspecified atom stereocenters. The van der Waals surface area contributed by atoms with Crippen molar-refractivity contribution >= 4 is 22.5 Å². The average molecular weight is 254 g/mol. The van der Waals surface area contributed by atoms with E-state index in [1.54, 1.807) is 6.33 Å². The Balaban J connectivity index is 0.000000637. The fourth-order valence-corrected chi connectivity index (χ4v) is 1.82. The highest BCUT2D eigenvalue weighted by atomic mass is 15.0. The molecule has 0 saturated carbocycles. The number of H-pyrrole nitrogens is 1. The van der Waals surface area contributed by atoms with Gasteiger partial charge in [-0.3, -0.25) is 0 Å². The largest absolute Gasteiger partial charge is 0.354 e. The summed E-state index contributed by atoms with van der Waals surface area (Å²) in [5.41, 5.74) is 3.96. The summed E-state index contributed by atoms with van der Waals surface area (Å²) < 4.78 is 0. The van der Waals surface area contributed by atoms with Crippen LogP contribution in [0.5, 0.6) is 0 Å². The number of rotatable bonds is 2. The zero-order valence-electron chi connectivity index (χ0n) is 11.4. The summed E-state index contributed by atoms with van der Waals surface area (Å²) in [6, 6.07) is 12.0. The summed E-state index contributed by atoms with van der Waals surface area (Å²) in [5, 5.41) is 3.28.